The molecule has 1 saturated heterocycles. The molecule has 2 heterocycles. The minimum Gasteiger partial charge on any atom is -0.413 e. The van der Waals surface area contributed by atoms with Crippen molar-refractivity contribution >= 4 is 13.5 Å². The summed E-state index contributed by atoms with van der Waals surface area (Å²) in [5.41, 5.74) is -3.08. The van der Waals surface area contributed by atoms with Crippen LogP contribution in [0.2, 0.25) is 0 Å². The first-order chi connectivity index (χ1) is 16.0. The first-order valence-electron chi connectivity index (χ1n) is 10.3. The van der Waals surface area contributed by atoms with Crippen LogP contribution in [0.1, 0.15) is 27.0 Å². The van der Waals surface area contributed by atoms with Crippen LogP contribution in [0.25, 0.3) is 0 Å². The van der Waals surface area contributed by atoms with E-state index in [1.54, 1.807) is 30.3 Å². The Labute approximate surface area is 194 Å². The number of rotatable bonds is 9. The van der Waals surface area contributed by atoms with Crippen molar-refractivity contribution in [1.82, 2.24) is 14.6 Å². The Morgan fingerprint density at radius 2 is 2.06 bits per heavy atom. The predicted octanol–water partition coefficient (Wildman–Crippen LogP) is 1.10. The molecule has 13 heteroatoms. The Kier molecular flexibility index (Phi) is 7.55. The van der Waals surface area contributed by atoms with Crippen LogP contribution in [-0.4, -0.2) is 45.3 Å². The highest BCUT2D eigenvalue weighted by atomic mass is 31.2. The molecule has 6 atom stereocenters. The number of ether oxygens (including phenoxy) is 1. The maximum absolute atomic E-state index is 13.4. The Morgan fingerprint density at radius 1 is 1.38 bits per heavy atom. The molecule has 0 spiro atoms. The predicted molar refractivity (Wildman–Crippen MR) is 119 cm³/mol. The van der Waals surface area contributed by atoms with E-state index in [-0.39, 0.29) is 11.5 Å². The summed E-state index contributed by atoms with van der Waals surface area (Å²) in [5.74, 6) is -0.103. The number of para-hydroxylation sites is 1. The number of Topliss-reactive ketones (excluding diaryl/α,β-unsaturated/α-hetero) is 1. The smallest absolute Gasteiger partial charge is 0.413 e. The molecule has 3 rings (SSSR count). The van der Waals surface area contributed by atoms with Gasteiger partial charge < -0.3 is 14.4 Å². The van der Waals surface area contributed by atoms with E-state index < -0.39 is 55.5 Å². The molecule has 34 heavy (non-hydrogen) atoms. The fourth-order valence-electron chi connectivity index (χ4n) is 3.34. The highest BCUT2D eigenvalue weighted by Crippen LogP contribution is 2.48. The van der Waals surface area contributed by atoms with Crippen molar-refractivity contribution in [2.45, 2.75) is 45.2 Å². The van der Waals surface area contributed by atoms with Gasteiger partial charge in [0.15, 0.2) is 6.23 Å². The van der Waals surface area contributed by atoms with Crippen LogP contribution < -0.4 is 20.9 Å². The van der Waals surface area contributed by atoms with Crippen molar-refractivity contribution in [3.63, 3.8) is 0 Å². The summed E-state index contributed by atoms with van der Waals surface area (Å²) in [6.45, 7) is 3.67. The zero-order valence-corrected chi connectivity index (χ0v) is 19.6. The summed E-state index contributed by atoms with van der Waals surface area (Å²) >= 11 is 0. The summed E-state index contributed by atoms with van der Waals surface area (Å²) in [7, 11) is -4.15. The largest absolute Gasteiger partial charge is 0.459 e. The molecular weight excluding hydrogens is 467 g/mol. The number of aromatic nitrogens is 2. The van der Waals surface area contributed by atoms with Crippen LogP contribution in [-0.2, 0) is 18.6 Å². The first kappa shape index (κ1) is 25.6. The Bertz CT molecular complexity index is 1240. The van der Waals surface area contributed by atoms with E-state index in [4.69, 9.17) is 13.8 Å². The number of ketones is 1. The lowest BCUT2D eigenvalue weighted by Crippen LogP contribution is -2.41. The third-order valence-corrected chi connectivity index (χ3v) is 7.11. The molecule has 0 radical (unpaired) electrons. The number of hydrogen-bond donors (Lipinski definition) is 3. The number of nitrogens with one attached hydrogen (secondary N) is 2. The molecule has 0 bridgehead atoms. The van der Waals surface area contributed by atoms with Gasteiger partial charge in [0.1, 0.15) is 29.2 Å². The quantitative estimate of drug-likeness (QED) is 0.430. The van der Waals surface area contributed by atoms with Crippen LogP contribution in [0, 0.1) is 16.7 Å². The zero-order chi connectivity index (χ0) is 25.1. The summed E-state index contributed by atoms with van der Waals surface area (Å²) in [6, 6.07) is 10.3. The molecule has 1 unspecified atom stereocenters. The standard InChI is InChI=1S/C21H25N4O8P/c1-13(14(2)26)24-34(30,33-15-7-5-4-6-8-15)31-11-16-18(28)21(3,12-22)19(32-16)25-10-9-17(27)23-20(25)29/h4-10,13,16,18-19,28H,11H2,1-3H3,(H,24,30)(H,23,27,29)/t13-,16+,18+,19+,21+,34?/m0/s1. The van der Waals surface area contributed by atoms with E-state index in [2.05, 4.69) is 10.1 Å². The van der Waals surface area contributed by atoms with Crippen LogP contribution in [0.3, 0.4) is 0 Å². The molecule has 1 aliphatic heterocycles. The summed E-state index contributed by atoms with van der Waals surface area (Å²) in [5, 5.41) is 23.1. The lowest BCUT2D eigenvalue weighted by atomic mass is 9.84. The molecule has 12 nitrogen and oxygen atoms in total. The lowest BCUT2D eigenvalue weighted by molar-refractivity contribution is -0.118. The molecule has 0 aliphatic carbocycles. The Balaban J connectivity index is 1.85. The van der Waals surface area contributed by atoms with Gasteiger partial charge in [0.2, 0.25) is 0 Å². The average Bonchev–Trinajstić information content (AvgIpc) is 3.04. The minimum absolute atomic E-state index is 0.210. The number of aliphatic hydroxyl groups excluding tert-OH is 1. The third kappa shape index (κ3) is 5.35. The average molecular weight is 492 g/mol. The molecule has 1 aromatic heterocycles. The van der Waals surface area contributed by atoms with Gasteiger partial charge in [-0.15, -0.1) is 0 Å². The molecule has 2 aromatic rings. The number of carbonyl (C=O) groups is 1. The first-order valence-corrected chi connectivity index (χ1v) is 11.9. The number of hydrogen-bond acceptors (Lipinski definition) is 9. The molecule has 0 saturated carbocycles. The monoisotopic (exact) mass is 492 g/mol. The maximum atomic E-state index is 13.4. The summed E-state index contributed by atoms with van der Waals surface area (Å²) in [6.07, 6.45) is -2.78. The van der Waals surface area contributed by atoms with E-state index in [0.29, 0.717) is 0 Å². The number of benzene rings is 1. The lowest BCUT2D eigenvalue weighted by Gasteiger charge is -2.26. The van der Waals surface area contributed by atoms with Crippen LogP contribution in [0.4, 0.5) is 0 Å². The van der Waals surface area contributed by atoms with Gasteiger partial charge in [0.25, 0.3) is 5.56 Å². The molecule has 1 fully saturated rings. The van der Waals surface area contributed by atoms with Gasteiger partial charge in [-0.2, -0.15) is 5.26 Å². The molecular formula is C21H25N4O8P. The van der Waals surface area contributed by atoms with Crippen molar-refractivity contribution in [3.05, 3.63) is 63.4 Å². The van der Waals surface area contributed by atoms with Crippen molar-refractivity contribution in [1.29, 1.82) is 5.26 Å². The second kappa shape index (κ2) is 10.0. The van der Waals surface area contributed by atoms with Crippen molar-refractivity contribution in [2.75, 3.05) is 6.61 Å². The number of carbonyl (C=O) groups excluding carboxylic acids is 1. The minimum atomic E-state index is -4.15. The van der Waals surface area contributed by atoms with Crippen molar-refractivity contribution < 1.29 is 28.3 Å². The second-order valence-electron chi connectivity index (χ2n) is 8.04. The van der Waals surface area contributed by atoms with Gasteiger partial charge in [-0.3, -0.25) is 23.7 Å². The molecule has 0 amide bonds. The van der Waals surface area contributed by atoms with Crippen molar-refractivity contribution in [3.8, 4) is 11.8 Å². The van der Waals surface area contributed by atoms with E-state index in [9.17, 15) is 29.3 Å². The molecule has 3 N–H and O–H groups in total. The SMILES string of the molecule is CC(=O)[C@H](C)NP(=O)(OC[C@H]1O[C@@H](n2ccc(=O)[nH]c2=O)[C@](C)(C#N)[C@@H]1O)Oc1ccccc1. The fraction of sp³-hybridized carbons (Fsp3) is 0.429. The van der Waals surface area contributed by atoms with Crippen molar-refractivity contribution in [2.24, 2.45) is 5.41 Å². The maximum Gasteiger partial charge on any atom is 0.459 e. The highest BCUT2D eigenvalue weighted by molar-refractivity contribution is 7.52. The topological polar surface area (TPSA) is 173 Å². The van der Waals surface area contributed by atoms with Gasteiger partial charge in [-0.25, -0.2) is 14.4 Å². The molecule has 182 valence electrons. The number of aromatic amines is 1. The zero-order valence-electron chi connectivity index (χ0n) is 18.7. The molecule has 1 aliphatic rings. The highest BCUT2D eigenvalue weighted by Gasteiger charge is 2.55. The van der Waals surface area contributed by atoms with Crippen LogP contribution in [0.5, 0.6) is 5.75 Å². The van der Waals surface area contributed by atoms with E-state index in [1.807, 2.05) is 6.07 Å². The molecule has 1 aromatic carbocycles. The summed E-state index contributed by atoms with van der Waals surface area (Å²) in [4.78, 5) is 37.4. The van der Waals surface area contributed by atoms with E-state index in [0.717, 1.165) is 16.8 Å². The van der Waals surface area contributed by atoms with Crippen LogP contribution >= 0.6 is 7.75 Å². The number of nitrogens with zero attached hydrogens (tertiary/aromatic N) is 2. The number of aliphatic hydroxyl groups is 1. The summed E-state index contributed by atoms with van der Waals surface area (Å²) < 4.78 is 31.2. The second-order valence-corrected chi connectivity index (χ2v) is 9.74. The Hall–Kier alpha value is -3.07. The van der Waals surface area contributed by atoms with Gasteiger partial charge in [-0.1, -0.05) is 18.2 Å². The number of H-pyrrole nitrogens is 1. The van der Waals surface area contributed by atoms with Gasteiger partial charge in [-0.05, 0) is 32.9 Å². The van der Waals surface area contributed by atoms with E-state index in [1.165, 1.54) is 20.8 Å². The normalized spacial score (nSPS) is 26.9. The van der Waals surface area contributed by atoms with Gasteiger partial charge >= 0.3 is 13.4 Å². The van der Waals surface area contributed by atoms with E-state index >= 15 is 0 Å². The van der Waals surface area contributed by atoms with Gasteiger partial charge in [0.05, 0.1) is 18.7 Å². The number of nitriles is 1. The third-order valence-electron chi connectivity index (χ3n) is 5.47. The fourth-order valence-corrected chi connectivity index (χ4v) is 4.92. The van der Waals surface area contributed by atoms with Crippen LogP contribution in [0.15, 0.2) is 52.2 Å². The van der Waals surface area contributed by atoms with Gasteiger partial charge in [0, 0.05) is 12.3 Å². The Morgan fingerprint density at radius 3 is 2.65 bits per heavy atom.